The fourth-order valence-corrected chi connectivity index (χ4v) is 2.62. The largest absolute Gasteiger partial charge is 0.310 e. The Labute approximate surface area is 110 Å². The summed E-state index contributed by atoms with van der Waals surface area (Å²) in [6.45, 7) is 5.05. The monoisotopic (exact) mass is 249 g/mol. The van der Waals surface area contributed by atoms with Crippen molar-refractivity contribution in [1.82, 2.24) is 5.32 Å². The lowest BCUT2D eigenvalue weighted by atomic mass is 9.79. The van der Waals surface area contributed by atoms with Crippen molar-refractivity contribution >= 4 is 0 Å². The maximum absolute atomic E-state index is 14.1. The average molecular weight is 249 g/mol. The van der Waals surface area contributed by atoms with Crippen molar-refractivity contribution in [3.63, 3.8) is 0 Å². The van der Waals surface area contributed by atoms with Crippen molar-refractivity contribution < 1.29 is 4.39 Å². The fourth-order valence-electron chi connectivity index (χ4n) is 2.62. The number of benzene rings is 1. The molecule has 0 amide bonds. The molecule has 0 aromatic heterocycles. The van der Waals surface area contributed by atoms with Gasteiger partial charge in [-0.25, -0.2) is 4.39 Å². The summed E-state index contributed by atoms with van der Waals surface area (Å²) in [6, 6.07) is 5.81. The highest BCUT2D eigenvalue weighted by molar-refractivity contribution is 5.26. The third-order valence-electron chi connectivity index (χ3n) is 3.97. The lowest BCUT2D eigenvalue weighted by Crippen LogP contribution is -2.27. The Bertz CT molecular complexity index is 385. The highest BCUT2D eigenvalue weighted by Gasteiger charge is 2.24. The molecule has 0 bridgehead atoms. The molecule has 1 atom stereocenters. The Morgan fingerprint density at radius 2 is 2.17 bits per heavy atom. The third kappa shape index (κ3) is 3.32. The zero-order chi connectivity index (χ0) is 13.0. The SMILES string of the molecule is CCCNC(CC1CCC1)c1ccc(C)cc1F. The number of aryl methyl sites for hydroxylation is 1. The van der Waals surface area contributed by atoms with E-state index < -0.39 is 0 Å². The van der Waals surface area contributed by atoms with E-state index in [-0.39, 0.29) is 11.9 Å². The Hall–Kier alpha value is -0.890. The molecule has 0 saturated heterocycles. The van der Waals surface area contributed by atoms with E-state index >= 15 is 0 Å². The Kier molecular flexibility index (Phi) is 4.76. The van der Waals surface area contributed by atoms with Gasteiger partial charge in [0.05, 0.1) is 0 Å². The maximum atomic E-state index is 14.1. The van der Waals surface area contributed by atoms with Crippen molar-refractivity contribution in [1.29, 1.82) is 0 Å². The summed E-state index contributed by atoms with van der Waals surface area (Å²) >= 11 is 0. The van der Waals surface area contributed by atoms with Crippen LogP contribution < -0.4 is 5.32 Å². The quantitative estimate of drug-likeness (QED) is 0.789. The van der Waals surface area contributed by atoms with E-state index in [1.165, 1.54) is 19.3 Å². The molecule has 2 heteroatoms. The van der Waals surface area contributed by atoms with Crippen LogP contribution in [0.4, 0.5) is 4.39 Å². The predicted molar refractivity (Wildman–Crippen MR) is 74.1 cm³/mol. The standard InChI is InChI=1S/C16H24FN/c1-3-9-18-16(11-13-5-4-6-13)14-8-7-12(2)10-15(14)17/h7-8,10,13,16,18H,3-6,9,11H2,1-2H3. The summed E-state index contributed by atoms with van der Waals surface area (Å²) < 4.78 is 14.1. The van der Waals surface area contributed by atoms with Crippen molar-refractivity contribution in [3.8, 4) is 0 Å². The number of hydrogen-bond donors (Lipinski definition) is 1. The molecule has 18 heavy (non-hydrogen) atoms. The molecule has 1 saturated carbocycles. The molecule has 0 heterocycles. The molecule has 1 aliphatic carbocycles. The van der Waals surface area contributed by atoms with Crippen LogP contribution in [0.3, 0.4) is 0 Å². The van der Waals surface area contributed by atoms with Gasteiger partial charge in [-0.15, -0.1) is 0 Å². The summed E-state index contributed by atoms with van der Waals surface area (Å²) in [5, 5.41) is 3.51. The molecule has 1 fully saturated rings. The van der Waals surface area contributed by atoms with E-state index in [4.69, 9.17) is 0 Å². The van der Waals surface area contributed by atoms with E-state index in [1.54, 1.807) is 6.07 Å². The minimum Gasteiger partial charge on any atom is -0.310 e. The molecule has 0 spiro atoms. The van der Waals surface area contributed by atoms with Crippen molar-refractivity contribution in [2.45, 2.75) is 52.0 Å². The van der Waals surface area contributed by atoms with E-state index in [2.05, 4.69) is 12.2 Å². The number of halogens is 1. The first-order valence-electron chi connectivity index (χ1n) is 7.20. The maximum Gasteiger partial charge on any atom is 0.128 e. The first-order valence-corrected chi connectivity index (χ1v) is 7.20. The van der Waals surface area contributed by atoms with Gasteiger partial charge >= 0.3 is 0 Å². The molecular formula is C16H24FN. The van der Waals surface area contributed by atoms with Crippen LogP contribution in [0.1, 0.15) is 56.2 Å². The van der Waals surface area contributed by atoms with Gasteiger partial charge in [-0.1, -0.05) is 38.3 Å². The average Bonchev–Trinajstić information content (AvgIpc) is 2.28. The number of hydrogen-bond acceptors (Lipinski definition) is 1. The van der Waals surface area contributed by atoms with E-state index in [0.29, 0.717) is 0 Å². The van der Waals surface area contributed by atoms with Crippen LogP contribution in [-0.4, -0.2) is 6.54 Å². The lowest BCUT2D eigenvalue weighted by molar-refractivity contribution is 0.259. The highest BCUT2D eigenvalue weighted by atomic mass is 19.1. The van der Waals surface area contributed by atoms with Gasteiger partial charge < -0.3 is 5.32 Å². The van der Waals surface area contributed by atoms with E-state index in [0.717, 1.165) is 36.4 Å². The summed E-state index contributed by atoms with van der Waals surface area (Å²) in [7, 11) is 0. The summed E-state index contributed by atoms with van der Waals surface area (Å²) in [6.07, 6.45) is 6.16. The van der Waals surface area contributed by atoms with Gasteiger partial charge in [-0.3, -0.25) is 0 Å². The van der Waals surface area contributed by atoms with Crippen LogP contribution in [0.25, 0.3) is 0 Å². The summed E-state index contributed by atoms with van der Waals surface area (Å²) in [5.74, 6) is 0.739. The third-order valence-corrected chi connectivity index (χ3v) is 3.97. The lowest BCUT2D eigenvalue weighted by Gasteiger charge is -2.30. The minimum absolute atomic E-state index is 0.0528. The molecule has 1 aliphatic rings. The topological polar surface area (TPSA) is 12.0 Å². The van der Waals surface area contributed by atoms with E-state index in [9.17, 15) is 4.39 Å². The predicted octanol–water partition coefficient (Wildman–Crippen LogP) is 4.37. The molecule has 100 valence electrons. The molecule has 0 aliphatic heterocycles. The molecule has 1 aromatic carbocycles. The van der Waals surface area contributed by atoms with Crippen LogP contribution in [-0.2, 0) is 0 Å². The smallest absolute Gasteiger partial charge is 0.128 e. The van der Waals surface area contributed by atoms with Gasteiger partial charge in [-0.05, 0) is 43.9 Å². The molecule has 0 radical (unpaired) electrons. The second-order valence-electron chi connectivity index (χ2n) is 5.56. The van der Waals surface area contributed by atoms with Gasteiger partial charge in [0.2, 0.25) is 0 Å². The Morgan fingerprint density at radius 3 is 2.72 bits per heavy atom. The molecule has 2 rings (SSSR count). The molecule has 1 nitrogen and oxygen atoms in total. The van der Waals surface area contributed by atoms with Gasteiger partial charge in [0, 0.05) is 11.6 Å². The normalized spacial score (nSPS) is 17.5. The molecular weight excluding hydrogens is 225 g/mol. The zero-order valence-electron chi connectivity index (χ0n) is 11.5. The van der Waals surface area contributed by atoms with Crippen molar-refractivity contribution in [2.24, 2.45) is 5.92 Å². The van der Waals surface area contributed by atoms with Crippen LogP contribution in [0.2, 0.25) is 0 Å². The zero-order valence-corrected chi connectivity index (χ0v) is 11.5. The number of nitrogens with one attached hydrogen (secondary N) is 1. The van der Waals surface area contributed by atoms with Gasteiger partial charge in [0.25, 0.3) is 0 Å². The van der Waals surface area contributed by atoms with Crippen molar-refractivity contribution in [3.05, 3.63) is 35.1 Å². The molecule has 1 aromatic rings. The summed E-state index contributed by atoms with van der Waals surface area (Å²) in [4.78, 5) is 0. The molecule has 1 N–H and O–H groups in total. The van der Waals surface area contributed by atoms with Gasteiger partial charge in [-0.2, -0.15) is 0 Å². The Balaban J connectivity index is 2.09. The number of rotatable bonds is 6. The summed E-state index contributed by atoms with van der Waals surface area (Å²) in [5.41, 5.74) is 1.84. The first-order chi connectivity index (χ1) is 8.70. The first kappa shape index (κ1) is 13.5. The Morgan fingerprint density at radius 1 is 1.39 bits per heavy atom. The van der Waals surface area contributed by atoms with Crippen LogP contribution in [0.5, 0.6) is 0 Å². The van der Waals surface area contributed by atoms with Crippen molar-refractivity contribution in [2.75, 3.05) is 6.54 Å². The minimum atomic E-state index is -0.0528. The van der Waals surface area contributed by atoms with Gasteiger partial charge in [0.1, 0.15) is 5.82 Å². The van der Waals surface area contributed by atoms with Gasteiger partial charge in [0.15, 0.2) is 0 Å². The second-order valence-corrected chi connectivity index (χ2v) is 5.56. The second kappa shape index (κ2) is 6.33. The van der Waals surface area contributed by atoms with Crippen LogP contribution >= 0.6 is 0 Å². The van der Waals surface area contributed by atoms with E-state index in [1.807, 2.05) is 19.1 Å². The fraction of sp³-hybridized carbons (Fsp3) is 0.625. The highest BCUT2D eigenvalue weighted by Crippen LogP contribution is 2.35. The van der Waals surface area contributed by atoms with Crippen LogP contribution in [0.15, 0.2) is 18.2 Å². The molecule has 1 unspecified atom stereocenters. The van der Waals surface area contributed by atoms with Crippen LogP contribution in [0, 0.1) is 18.7 Å².